The predicted octanol–water partition coefficient (Wildman–Crippen LogP) is 4.58. The van der Waals surface area contributed by atoms with E-state index >= 15 is 0 Å². The molecule has 0 heterocycles. The lowest BCUT2D eigenvalue weighted by molar-refractivity contribution is 0.415. The van der Waals surface area contributed by atoms with Crippen molar-refractivity contribution in [2.75, 3.05) is 12.4 Å². The van der Waals surface area contributed by atoms with Crippen LogP contribution in [0.15, 0.2) is 36.4 Å². The lowest BCUT2D eigenvalue weighted by Crippen LogP contribution is -2.02. The Balaban J connectivity index is 2.16. The molecule has 2 aromatic carbocycles. The third kappa shape index (κ3) is 3.42. The van der Waals surface area contributed by atoms with Gasteiger partial charge in [0.15, 0.2) is 0 Å². The molecule has 0 spiro atoms. The Kier molecular flexibility index (Phi) is 4.33. The maximum Gasteiger partial charge on any atom is 0.121 e. The highest BCUT2D eigenvalue weighted by atomic mass is 35.5. The Labute approximate surface area is 119 Å². The summed E-state index contributed by atoms with van der Waals surface area (Å²) in [6, 6.07) is 12.1. The molecule has 0 atom stereocenters. The van der Waals surface area contributed by atoms with Crippen LogP contribution in [0.5, 0.6) is 5.75 Å². The van der Waals surface area contributed by atoms with Gasteiger partial charge in [-0.25, -0.2) is 0 Å². The molecule has 2 aromatic rings. The Morgan fingerprint density at radius 2 is 1.89 bits per heavy atom. The van der Waals surface area contributed by atoms with Crippen molar-refractivity contribution in [3.8, 4) is 5.75 Å². The number of ether oxygens (including phenoxy) is 1. The smallest absolute Gasteiger partial charge is 0.121 e. The van der Waals surface area contributed by atoms with Crippen LogP contribution >= 0.6 is 11.6 Å². The number of benzene rings is 2. The fourth-order valence-electron chi connectivity index (χ4n) is 1.95. The van der Waals surface area contributed by atoms with Crippen LogP contribution in [0.1, 0.15) is 16.7 Å². The van der Waals surface area contributed by atoms with Crippen molar-refractivity contribution in [1.29, 1.82) is 0 Å². The maximum atomic E-state index is 6.17. The molecule has 0 amide bonds. The molecule has 0 aliphatic heterocycles. The lowest BCUT2D eigenvalue weighted by atomic mass is 10.1. The summed E-state index contributed by atoms with van der Waals surface area (Å²) >= 11 is 6.17. The molecule has 0 aliphatic rings. The molecule has 0 bridgehead atoms. The van der Waals surface area contributed by atoms with Crippen molar-refractivity contribution in [1.82, 2.24) is 0 Å². The standard InChI is InChI=1S/C16H18ClNO/c1-11-4-5-12(2)13(8-11)10-18-16-9-14(19-3)6-7-15(16)17/h4-9,18H,10H2,1-3H3. The Morgan fingerprint density at radius 1 is 1.11 bits per heavy atom. The van der Waals surface area contributed by atoms with Gasteiger partial charge in [-0.2, -0.15) is 0 Å². The number of hydrogen-bond donors (Lipinski definition) is 1. The summed E-state index contributed by atoms with van der Waals surface area (Å²) in [6.45, 7) is 4.96. The summed E-state index contributed by atoms with van der Waals surface area (Å²) in [5.41, 5.74) is 4.71. The minimum atomic E-state index is 0.700. The van der Waals surface area contributed by atoms with E-state index in [2.05, 4.69) is 37.4 Å². The van der Waals surface area contributed by atoms with E-state index in [1.165, 1.54) is 16.7 Å². The lowest BCUT2D eigenvalue weighted by Gasteiger charge is -2.12. The van der Waals surface area contributed by atoms with Crippen LogP contribution in [0, 0.1) is 13.8 Å². The Hall–Kier alpha value is -1.67. The molecule has 2 nitrogen and oxygen atoms in total. The van der Waals surface area contributed by atoms with Gasteiger partial charge < -0.3 is 10.1 Å². The number of anilines is 1. The average molecular weight is 276 g/mol. The molecule has 1 N–H and O–H groups in total. The molecular formula is C16H18ClNO. The first-order valence-corrected chi connectivity index (χ1v) is 6.61. The third-order valence-corrected chi connectivity index (χ3v) is 3.48. The molecule has 100 valence electrons. The van der Waals surface area contributed by atoms with Gasteiger partial charge in [-0.1, -0.05) is 35.4 Å². The highest BCUT2D eigenvalue weighted by Crippen LogP contribution is 2.27. The van der Waals surface area contributed by atoms with E-state index in [1.807, 2.05) is 18.2 Å². The van der Waals surface area contributed by atoms with E-state index in [4.69, 9.17) is 16.3 Å². The van der Waals surface area contributed by atoms with Gasteiger partial charge in [0.2, 0.25) is 0 Å². The zero-order valence-electron chi connectivity index (χ0n) is 11.5. The Morgan fingerprint density at radius 3 is 2.63 bits per heavy atom. The number of nitrogens with one attached hydrogen (secondary N) is 1. The molecule has 19 heavy (non-hydrogen) atoms. The van der Waals surface area contributed by atoms with Crippen molar-refractivity contribution < 1.29 is 4.74 Å². The zero-order valence-corrected chi connectivity index (χ0v) is 12.2. The van der Waals surface area contributed by atoms with Crippen LogP contribution < -0.4 is 10.1 Å². The van der Waals surface area contributed by atoms with Crippen LogP contribution in [0.2, 0.25) is 5.02 Å². The number of methoxy groups -OCH3 is 1. The molecule has 0 aromatic heterocycles. The van der Waals surface area contributed by atoms with Crippen molar-refractivity contribution in [3.05, 3.63) is 58.1 Å². The topological polar surface area (TPSA) is 21.3 Å². The zero-order chi connectivity index (χ0) is 13.8. The first kappa shape index (κ1) is 13.8. The summed E-state index contributed by atoms with van der Waals surface area (Å²) in [4.78, 5) is 0. The van der Waals surface area contributed by atoms with Crippen molar-refractivity contribution in [3.63, 3.8) is 0 Å². The van der Waals surface area contributed by atoms with E-state index in [0.29, 0.717) is 5.02 Å². The first-order valence-electron chi connectivity index (χ1n) is 6.23. The van der Waals surface area contributed by atoms with Gasteiger partial charge in [-0.05, 0) is 37.1 Å². The molecule has 0 unspecified atom stereocenters. The maximum absolute atomic E-state index is 6.17. The fraction of sp³-hybridized carbons (Fsp3) is 0.250. The number of rotatable bonds is 4. The summed E-state index contributed by atoms with van der Waals surface area (Å²) in [6.07, 6.45) is 0. The van der Waals surface area contributed by atoms with E-state index in [1.54, 1.807) is 7.11 Å². The largest absolute Gasteiger partial charge is 0.497 e. The van der Waals surface area contributed by atoms with Gasteiger partial charge in [-0.15, -0.1) is 0 Å². The summed E-state index contributed by atoms with van der Waals surface area (Å²) in [7, 11) is 1.65. The summed E-state index contributed by atoms with van der Waals surface area (Å²) < 4.78 is 5.21. The van der Waals surface area contributed by atoms with Crippen LogP contribution in [-0.4, -0.2) is 7.11 Å². The highest BCUT2D eigenvalue weighted by Gasteiger charge is 2.04. The van der Waals surface area contributed by atoms with Crippen LogP contribution in [0.3, 0.4) is 0 Å². The van der Waals surface area contributed by atoms with E-state index in [9.17, 15) is 0 Å². The van der Waals surface area contributed by atoms with Gasteiger partial charge in [0.1, 0.15) is 5.75 Å². The highest BCUT2D eigenvalue weighted by molar-refractivity contribution is 6.33. The summed E-state index contributed by atoms with van der Waals surface area (Å²) in [5.74, 6) is 0.799. The molecule has 0 aliphatic carbocycles. The second-order valence-corrected chi connectivity index (χ2v) is 5.04. The average Bonchev–Trinajstić information content (AvgIpc) is 2.41. The molecule has 0 fully saturated rings. The second-order valence-electron chi connectivity index (χ2n) is 4.63. The van der Waals surface area contributed by atoms with Gasteiger partial charge in [-0.3, -0.25) is 0 Å². The fourth-order valence-corrected chi connectivity index (χ4v) is 2.13. The minimum absolute atomic E-state index is 0.700. The SMILES string of the molecule is COc1ccc(Cl)c(NCc2cc(C)ccc2C)c1. The predicted molar refractivity (Wildman–Crippen MR) is 81.2 cm³/mol. The molecular weight excluding hydrogens is 258 g/mol. The first-order chi connectivity index (χ1) is 9.10. The number of hydrogen-bond acceptors (Lipinski definition) is 2. The molecule has 0 saturated heterocycles. The monoisotopic (exact) mass is 275 g/mol. The van der Waals surface area contributed by atoms with E-state index < -0.39 is 0 Å². The van der Waals surface area contributed by atoms with Crippen LogP contribution in [0.25, 0.3) is 0 Å². The minimum Gasteiger partial charge on any atom is -0.497 e. The van der Waals surface area contributed by atoms with Crippen molar-refractivity contribution in [2.24, 2.45) is 0 Å². The Bertz CT molecular complexity index is 581. The van der Waals surface area contributed by atoms with Gasteiger partial charge in [0.05, 0.1) is 17.8 Å². The van der Waals surface area contributed by atoms with Gasteiger partial charge in [0.25, 0.3) is 0 Å². The van der Waals surface area contributed by atoms with E-state index in [0.717, 1.165) is 18.0 Å². The molecule has 0 radical (unpaired) electrons. The van der Waals surface area contributed by atoms with Crippen molar-refractivity contribution >= 4 is 17.3 Å². The summed E-state index contributed by atoms with van der Waals surface area (Å²) in [5, 5.41) is 4.06. The van der Waals surface area contributed by atoms with E-state index in [-0.39, 0.29) is 0 Å². The second kappa shape index (κ2) is 5.98. The quantitative estimate of drug-likeness (QED) is 0.882. The molecule has 2 rings (SSSR count). The normalized spacial score (nSPS) is 10.3. The van der Waals surface area contributed by atoms with Crippen LogP contribution in [0.4, 0.5) is 5.69 Å². The number of halogens is 1. The van der Waals surface area contributed by atoms with Gasteiger partial charge in [0, 0.05) is 12.6 Å². The van der Waals surface area contributed by atoms with Crippen molar-refractivity contribution in [2.45, 2.75) is 20.4 Å². The van der Waals surface area contributed by atoms with Gasteiger partial charge >= 0.3 is 0 Å². The third-order valence-electron chi connectivity index (χ3n) is 3.15. The molecule has 0 saturated carbocycles. The number of aryl methyl sites for hydroxylation is 2. The van der Waals surface area contributed by atoms with Crippen LogP contribution in [-0.2, 0) is 6.54 Å². The molecule has 3 heteroatoms.